The van der Waals surface area contributed by atoms with Crippen LogP contribution in [0.5, 0.6) is 0 Å². The molecule has 4 nitrogen and oxygen atoms in total. The van der Waals surface area contributed by atoms with Crippen molar-refractivity contribution in [3.8, 4) is 0 Å². The summed E-state index contributed by atoms with van der Waals surface area (Å²) in [7, 11) is 0. The molecule has 1 aliphatic carbocycles. The smallest absolute Gasteiger partial charge is 0.363 e. The molecule has 0 unspecified atom stereocenters. The highest BCUT2D eigenvalue weighted by Crippen LogP contribution is 2.35. The number of alkyl halides is 3. The zero-order valence-electron chi connectivity index (χ0n) is 12.8. The van der Waals surface area contributed by atoms with Crippen LogP contribution in [-0.4, -0.2) is 27.5 Å². The van der Waals surface area contributed by atoms with Gasteiger partial charge in [-0.2, -0.15) is 18.3 Å². The van der Waals surface area contributed by atoms with E-state index >= 15 is 0 Å². The van der Waals surface area contributed by atoms with Crippen molar-refractivity contribution >= 4 is 33.3 Å². The first kappa shape index (κ1) is 18.5. The predicted molar refractivity (Wildman–Crippen MR) is 90.3 cm³/mol. The van der Waals surface area contributed by atoms with E-state index in [0.29, 0.717) is 36.4 Å². The minimum Gasteiger partial charge on any atom is -0.363 e. The molecule has 0 radical (unpaired) electrons. The monoisotopic (exact) mass is 412 g/mol. The van der Waals surface area contributed by atoms with Crippen molar-refractivity contribution in [1.29, 1.82) is 0 Å². The van der Waals surface area contributed by atoms with Crippen LogP contribution in [0.4, 0.5) is 13.2 Å². The summed E-state index contributed by atoms with van der Waals surface area (Å²) in [5.41, 5.74) is -0.398. The molecule has 0 saturated heterocycles. The molecule has 0 atom stereocenters. The van der Waals surface area contributed by atoms with Crippen LogP contribution in [0, 0.1) is 6.92 Å². The number of hydrogen-bond donors (Lipinski definition) is 2. The fourth-order valence-corrected chi connectivity index (χ4v) is 3.44. The van der Waals surface area contributed by atoms with Crippen molar-refractivity contribution in [2.75, 3.05) is 6.54 Å². The van der Waals surface area contributed by atoms with Gasteiger partial charge in [0.2, 0.25) is 0 Å². The summed E-state index contributed by atoms with van der Waals surface area (Å²) in [6.45, 7) is 2.61. The summed E-state index contributed by atoms with van der Waals surface area (Å²) >= 11 is 8.19. The van der Waals surface area contributed by atoms with E-state index < -0.39 is 11.9 Å². The SMILES string of the molecule is Cc1c(Br)c(C(F)(F)F)nn1CCCNC(=S)NC1CCCC1. The van der Waals surface area contributed by atoms with E-state index in [2.05, 4.69) is 31.7 Å². The number of hydrogen-bond acceptors (Lipinski definition) is 2. The Balaban J connectivity index is 1.77. The highest BCUT2D eigenvalue weighted by atomic mass is 79.9. The fourth-order valence-electron chi connectivity index (χ4n) is 2.66. The van der Waals surface area contributed by atoms with Gasteiger partial charge in [-0.3, -0.25) is 4.68 Å². The van der Waals surface area contributed by atoms with Gasteiger partial charge in [-0.05, 0) is 54.3 Å². The fraction of sp³-hybridized carbons (Fsp3) is 0.714. The molecule has 0 aliphatic heterocycles. The zero-order chi connectivity index (χ0) is 17.0. The van der Waals surface area contributed by atoms with E-state index in [0.717, 1.165) is 12.8 Å². The maximum Gasteiger partial charge on any atom is 0.436 e. The van der Waals surface area contributed by atoms with Gasteiger partial charge in [0.15, 0.2) is 10.8 Å². The first-order valence-electron chi connectivity index (χ1n) is 7.63. The van der Waals surface area contributed by atoms with Crippen LogP contribution in [-0.2, 0) is 12.7 Å². The lowest BCUT2D eigenvalue weighted by Crippen LogP contribution is -2.41. The Morgan fingerprint density at radius 1 is 1.39 bits per heavy atom. The lowest BCUT2D eigenvalue weighted by atomic mass is 10.3. The molecular formula is C14H20BrF3N4S. The van der Waals surface area contributed by atoms with Crippen molar-refractivity contribution in [3.05, 3.63) is 15.9 Å². The molecule has 2 rings (SSSR count). The number of thiocarbonyl (C=S) groups is 1. The van der Waals surface area contributed by atoms with Gasteiger partial charge < -0.3 is 10.6 Å². The number of nitrogens with zero attached hydrogens (tertiary/aromatic N) is 2. The summed E-state index contributed by atoms with van der Waals surface area (Å²) < 4.78 is 39.7. The van der Waals surface area contributed by atoms with Gasteiger partial charge in [0.05, 0.1) is 10.2 Å². The van der Waals surface area contributed by atoms with Gasteiger partial charge in [0, 0.05) is 19.1 Å². The van der Waals surface area contributed by atoms with Gasteiger partial charge in [-0.1, -0.05) is 12.8 Å². The maximum absolute atomic E-state index is 12.8. The summed E-state index contributed by atoms with van der Waals surface area (Å²) in [5.74, 6) is 0. The van der Waals surface area contributed by atoms with Crippen molar-refractivity contribution in [2.45, 2.75) is 57.8 Å². The van der Waals surface area contributed by atoms with Crippen molar-refractivity contribution in [1.82, 2.24) is 20.4 Å². The normalized spacial score (nSPS) is 15.9. The van der Waals surface area contributed by atoms with Gasteiger partial charge in [0.25, 0.3) is 0 Å². The number of halogens is 4. The number of rotatable bonds is 5. The topological polar surface area (TPSA) is 41.9 Å². The lowest BCUT2D eigenvalue weighted by molar-refractivity contribution is -0.142. The first-order chi connectivity index (χ1) is 10.8. The van der Waals surface area contributed by atoms with E-state index in [9.17, 15) is 13.2 Å². The molecule has 1 aliphatic rings. The predicted octanol–water partition coefficient (Wildman–Crippen LogP) is 3.77. The molecule has 1 saturated carbocycles. The molecule has 0 bridgehead atoms. The average molecular weight is 413 g/mol. The highest BCUT2D eigenvalue weighted by Gasteiger charge is 2.37. The standard InChI is InChI=1S/C14H20BrF3N4S/c1-9-11(15)12(14(16,17)18)21-22(9)8-4-7-19-13(23)20-10-5-2-3-6-10/h10H,2-8H2,1H3,(H2,19,20,23). The molecule has 1 fully saturated rings. The zero-order valence-corrected chi connectivity index (χ0v) is 15.2. The summed E-state index contributed by atoms with van der Waals surface area (Å²) in [4.78, 5) is 0. The molecular weight excluding hydrogens is 393 g/mol. The Labute approximate surface area is 147 Å². The van der Waals surface area contributed by atoms with E-state index in [1.807, 2.05) is 0 Å². The highest BCUT2D eigenvalue weighted by molar-refractivity contribution is 9.10. The van der Waals surface area contributed by atoms with Gasteiger partial charge in [0.1, 0.15) is 0 Å². The quantitative estimate of drug-likeness (QED) is 0.570. The Hall–Kier alpha value is -0.830. The number of aryl methyl sites for hydroxylation is 1. The van der Waals surface area contributed by atoms with E-state index in [4.69, 9.17) is 12.2 Å². The van der Waals surface area contributed by atoms with Gasteiger partial charge >= 0.3 is 6.18 Å². The Morgan fingerprint density at radius 3 is 2.61 bits per heavy atom. The molecule has 130 valence electrons. The summed E-state index contributed by atoms with van der Waals surface area (Å²) in [6, 6.07) is 0.452. The number of nitrogens with one attached hydrogen (secondary N) is 2. The molecule has 0 aromatic carbocycles. The van der Waals surface area contributed by atoms with Crippen LogP contribution in [0.2, 0.25) is 0 Å². The maximum atomic E-state index is 12.8. The van der Waals surface area contributed by atoms with E-state index in [-0.39, 0.29) is 4.47 Å². The Bertz CT molecular complexity index is 553. The minimum absolute atomic E-state index is 0.0105. The number of aromatic nitrogens is 2. The molecule has 23 heavy (non-hydrogen) atoms. The third kappa shape index (κ3) is 5.07. The molecule has 0 spiro atoms. The van der Waals surface area contributed by atoms with Gasteiger partial charge in [-0.25, -0.2) is 0 Å². The van der Waals surface area contributed by atoms with E-state index in [1.165, 1.54) is 17.5 Å². The van der Waals surface area contributed by atoms with Crippen LogP contribution < -0.4 is 10.6 Å². The summed E-state index contributed by atoms with van der Waals surface area (Å²) in [5, 5.41) is 10.6. The van der Waals surface area contributed by atoms with Crippen LogP contribution in [0.3, 0.4) is 0 Å². The Kier molecular flexibility index (Phi) is 6.30. The Morgan fingerprint density at radius 2 is 2.04 bits per heavy atom. The van der Waals surface area contributed by atoms with Crippen molar-refractivity contribution in [2.24, 2.45) is 0 Å². The third-order valence-corrected chi connectivity index (χ3v) is 5.14. The van der Waals surface area contributed by atoms with Crippen molar-refractivity contribution < 1.29 is 13.2 Å². The first-order valence-corrected chi connectivity index (χ1v) is 8.83. The van der Waals surface area contributed by atoms with Crippen LogP contribution in [0.1, 0.15) is 43.5 Å². The molecule has 1 aromatic rings. The van der Waals surface area contributed by atoms with E-state index in [1.54, 1.807) is 6.92 Å². The van der Waals surface area contributed by atoms with Crippen LogP contribution in [0.25, 0.3) is 0 Å². The molecule has 9 heteroatoms. The lowest BCUT2D eigenvalue weighted by Gasteiger charge is -2.15. The molecule has 0 amide bonds. The second-order valence-electron chi connectivity index (χ2n) is 5.70. The van der Waals surface area contributed by atoms with Crippen LogP contribution in [0.15, 0.2) is 4.47 Å². The van der Waals surface area contributed by atoms with Crippen molar-refractivity contribution in [3.63, 3.8) is 0 Å². The average Bonchev–Trinajstić information content (AvgIpc) is 3.05. The second kappa shape index (κ2) is 7.83. The third-order valence-electron chi connectivity index (χ3n) is 3.92. The second-order valence-corrected chi connectivity index (χ2v) is 6.91. The molecule has 2 N–H and O–H groups in total. The summed E-state index contributed by atoms with van der Waals surface area (Å²) in [6.07, 6.45) is 0.939. The van der Waals surface area contributed by atoms with Gasteiger partial charge in [-0.15, -0.1) is 0 Å². The van der Waals surface area contributed by atoms with Crippen LogP contribution >= 0.6 is 28.1 Å². The molecule has 1 aromatic heterocycles. The minimum atomic E-state index is -4.44. The largest absolute Gasteiger partial charge is 0.436 e. The molecule has 1 heterocycles.